The number of benzene rings is 1. The van der Waals surface area contributed by atoms with Crippen molar-refractivity contribution in [2.24, 2.45) is 4.99 Å². The number of hydrogen-bond acceptors (Lipinski definition) is 4. The number of nitrogens with one attached hydrogen (secondary N) is 2. The van der Waals surface area contributed by atoms with Gasteiger partial charge in [0.15, 0.2) is 17.5 Å². The zero-order valence-corrected chi connectivity index (χ0v) is 15.7. The van der Waals surface area contributed by atoms with E-state index in [-0.39, 0.29) is 17.7 Å². The van der Waals surface area contributed by atoms with Crippen molar-refractivity contribution in [2.45, 2.75) is 39.3 Å². The molecule has 0 spiro atoms. The predicted octanol–water partition coefficient (Wildman–Crippen LogP) is 3.37. The molecule has 7 heteroatoms. The molecule has 25 heavy (non-hydrogen) atoms. The van der Waals surface area contributed by atoms with Crippen LogP contribution >= 0.6 is 11.3 Å². The number of hydrogen-bond donors (Lipinski definition) is 2. The molecule has 0 fully saturated rings. The first-order chi connectivity index (χ1) is 12.2. The molecule has 1 unspecified atom stereocenters. The summed E-state index contributed by atoms with van der Waals surface area (Å²) in [5.74, 6) is 0.592. The van der Waals surface area contributed by atoms with E-state index in [2.05, 4.69) is 32.9 Å². The molecule has 1 heterocycles. The molecule has 1 aromatic heterocycles. The van der Waals surface area contributed by atoms with Crippen LogP contribution in [0.1, 0.15) is 31.0 Å². The van der Waals surface area contributed by atoms with E-state index < -0.39 is 0 Å². The maximum Gasteiger partial charge on any atom is 0.191 e. The van der Waals surface area contributed by atoms with Crippen molar-refractivity contribution in [1.29, 1.82) is 0 Å². The maximum absolute atomic E-state index is 13.7. The molecule has 0 aliphatic heterocycles. The SMILES string of the molecule is CCc1nc(CNC(=NC)NCC(CC)Oc2ccccc2F)cs1. The Labute approximate surface area is 152 Å². The van der Waals surface area contributed by atoms with Crippen molar-refractivity contribution >= 4 is 17.3 Å². The van der Waals surface area contributed by atoms with Gasteiger partial charge in [-0.3, -0.25) is 4.99 Å². The smallest absolute Gasteiger partial charge is 0.191 e. The molecule has 0 bridgehead atoms. The third-order valence-corrected chi connectivity index (χ3v) is 4.69. The fourth-order valence-electron chi connectivity index (χ4n) is 2.19. The van der Waals surface area contributed by atoms with Crippen molar-refractivity contribution < 1.29 is 9.13 Å². The number of aliphatic imine (C=N–C) groups is 1. The molecule has 0 saturated carbocycles. The first-order valence-electron chi connectivity index (χ1n) is 8.45. The van der Waals surface area contributed by atoms with Gasteiger partial charge >= 0.3 is 0 Å². The van der Waals surface area contributed by atoms with Crippen LogP contribution in [0, 0.1) is 5.82 Å². The van der Waals surface area contributed by atoms with Crippen LogP contribution in [0.4, 0.5) is 4.39 Å². The van der Waals surface area contributed by atoms with E-state index >= 15 is 0 Å². The van der Waals surface area contributed by atoms with Gasteiger partial charge in [-0.1, -0.05) is 26.0 Å². The molecule has 5 nitrogen and oxygen atoms in total. The van der Waals surface area contributed by atoms with Crippen LogP contribution in [0.3, 0.4) is 0 Å². The first-order valence-corrected chi connectivity index (χ1v) is 9.33. The molecule has 2 rings (SSSR count). The van der Waals surface area contributed by atoms with Crippen molar-refractivity contribution in [3.63, 3.8) is 0 Å². The second kappa shape index (κ2) is 9.98. The normalized spacial score (nSPS) is 12.7. The number of para-hydroxylation sites is 1. The number of thiazole rings is 1. The van der Waals surface area contributed by atoms with E-state index in [0.29, 0.717) is 19.0 Å². The molecular formula is C18H25FN4OS. The van der Waals surface area contributed by atoms with Crippen molar-refractivity contribution in [3.8, 4) is 5.75 Å². The van der Waals surface area contributed by atoms with Crippen LogP contribution in [0.2, 0.25) is 0 Å². The lowest BCUT2D eigenvalue weighted by Crippen LogP contribution is -2.42. The van der Waals surface area contributed by atoms with E-state index in [0.717, 1.165) is 23.5 Å². The molecule has 0 saturated heterocycles. The van der Waals surface area contributed by atoms with Gasteiger partial charge < -0.3 is 15.4 Å². The lowest BCUT2D eigenvalue weighted by molar-refractivity contribution is 0.191. The monoisotopic (exact) mass is 364 g/mol. The lowest BCUT2D eigenvalue weighted by Gasteiger charge is -2.20. The molecular weight excluding hydrogens is 339 g/mol. The number of halogens is 1. The Hall–Kier alpha value is -2.15. The number of guanidine groups is 1. The second-order valence-electron chi connectivity index (χ2n) is 5.47. The molecule has 0 aliphatic carbocycles. The van der Waals surface area contributed by atoms with Gasteiger partial charge in [-0.15, -0.1) is 11.3 Å². The maximum atomic E-state index is 13.7. The Morgan fingerprint density at radius 1 is 1.32 bits per heavy atom. The Kier molecular flexibility index (Phi) is 7.66. The van der Waals surface area contributed by atoms with Gasteiger partial charge in [-0.2, -0.15) is 0 Å². The van der Waals surface area contributed by atoms with E-state index in [1.165, 1.54) is 6.07 Å². The summed E-state index contributed by atoms with van der Waals surface area (Å²) in [5, 5.41) is 9.63. The van der Waals surface area contributed by atoms with Crippen molar-refractivity contribution in [2.75, 3.05) is 13.6 Å². The van der Waals surface area contributed by atoms with Crippen LogP contribution in [-0.2, 0) is 13.0 Å². The number of aryl methyl sites for hydroxylation is 1. The summed E-state index contributed by atoms with van der Waals surface area (Å²) < 4.78 is 19.4. The fourth-order valence-corrected chi connectivity index (χ4v) is 2.93. The van der Waals surface area contributed by atoms with Crippen LogP contribution in [0.15, 0.2) is 34.6 Å². The minimum Gasteiger partial charge on any atom is -0.486 e. The van der Waals surface area contributed by atoms with E-state index in [1.807, 2.05) is 6.92 Å². The van der Waals surface area contributed by atoms with Gasteiger partial charge in [-0.25, -0.2) is 9.37 Å². The molecule has 2 aromatic rings. The highest BCUT2D eigenvalue weighted by Crippen LogP contribution is 2.17. The van der Waals surface area contributed by atoms with Crippen molar-refractivity contribution in [3.05, 3.63) is 46.2 Å². The number of ether oxygens (including phenoxy) is 1. The molecule has 0 aliphatic rings. The van der Waals surface area contributed by atoms with Gasteiger partial charge in [0.1, 0.15) is 6.10 Å². The van der Waals surface area contributed by atoms with Gasteiger partial charge in [0.05, 0.1) is 23.8 Å². The summed E-state index contributed by atoms with van der Waals surface area (Å²) in [4.78, 5) is 8.72. The highest BCUT2D eigenvalue weighted by molar-refractivity contribution is 7.09. The summed E-state index contributed by atoms with van der Waals surface area (Å²) in [6.45, 7) is 5.24. The average molecular weight is 364 g/mol. The van der Waals surface area contributed by atoms with Crippen LogP contribution in [0.25, 0.3) is 0 Å². The topological polar surface area (TPSA) is 58.5 Å². The number of rotatable bonds is 8. The quantitative estimate of drug-likeness (QED) is 0.557. The standard InChI is InChI=1S/C18H25FN4OS/c1-4-14(24-16-9-7-6-8-15(16)19)11-22-18(20-3)21-10-13-12-25-17(5-2)23-13/h6-9,12,14H,4-5,10-11H2,1-3H3,(H2,20,21,22). The first kappa shape index (κ1) is 19.2. The minimum absolute atomic E-state index is 0.151. The summed E-state index contributed by atoms with van der Waals surface area (Å²) in [7, 11) is 1.71. The Bertz CT molecular complexity index is 689. The molecule has 1 atom stereocenters. The Balaban J connectivity index is 1.82. The largest absolute Gasteiger partial charge is 0.486 e. The molecule has 1 aromatic carbocycles. The summed E-state index contributed by atoms with van der Waals surface area (Å²) in [6.07, 6.45) is 1.55. The average Bonchev–Trinajstić information content (AvgIpc) is 3.10. The minimum atomic E-state index is -0.348. The predicted molar refractivity (Wildman–Crippen MR) is 101 cm³/mol. The third-order valence-electron chi connectivity index (χ3n) is 3.65. The Morgan fingerprint density at radius 2 is 2.12 bits per heavy atom. The third kappa shape index (κ3) is 6.01. The fraction of sp³-hybridized carbons (Fsp3) is 0.444. The molecule has 0 radical (unpaired) electrons. The van der Waals surface area contributed by atoms with Crippen molar-refractivity contribution in [1.82, 2.24) is 15.6 Å². The summed E-state index contributed by atoms with van der Waals surface area (Å²) in [5.41, 5.74) is 0.999. The van der Waals surface area contributed by atoms with E-state index in [4.69, 9.17) is 4.74 Å². The van der Waals surface area contributed by atoms with Gasteiger partial charge in [0, 0.05) is 12.4 Å². The highest BCUT2D eigenvalue weighted by atomic mass is 32.1. The van der Waals surface area contributed by atoms with Crippen LogP contribution in [0.5, 0.6) is 5.75 Å². The van der Waals surface area contributed by atoms with Crippen LogP contribution in [-0.4, -0.2) is 30.6 Å². The van der Waals surface area contributed by atoms with Gasteiger partial charge in [0.25, 0.3) is 0 Å². The lowest BCUT2D eigenvalue weighted by atomic mass is 10.2. The molecule has 136 valence electrons. The number of nitrogens with zero attached hydrogens (tertiary/aromatic N) is 2. The van der Waals surface area contributed by atoms with Crippen LogP contribution < -0.4 is 15.4 Å². The second-order valence-corrected chi connectivity index (χ2v) is 6.41. The Morgan fingerprint density at radius 3 is 2.76 bits per heavy atom. The summed E-state index contributed by atoms with van der Waals surface area (Å²) in [6, 6.07) is 6.44. The molecule has 2 N–H and O–H groups in total. The zero-order valence-electron chi connectivity index (χ0n) is 14.9. The highest BCUT2D eigenvalue weighted by Gasteiger charge is 2.12. The van der Waals surface area contributed by atoms with Gasteiger partial charge in [-0.05, 0) is 25.0 Å². The number of aromatic nitrogens is 1. The van der Waals surface area contributed by atoms with E-state index in [1.54, 1.807) is 36.6 Å². The molecule has 0 amide bonds. The van der Waals surface area contributed by atoms with E-state index in [9.17, 15) is 4.39 Å². The van der Waals surface area contributed by atoms with Gasteiger partial charge in [0.2, 0.25) is 0 Å². The summed E-state index contributed by atoms with van der Waals surface area (Å²) >= 11 is 1.67. The zero-order chi connectivity index (χ0) is 18.1.